The fourth-order valence-electron chi connectivity index (χ4n) is 3.62. The van der Waals surface area contributed by atoms with E-state index >= 15 is 0 Å². The number of rotatable bonds is 8. The minimum Gasteiger partial charge on any atom is -0.506 e. The van der Waals surface area contributed by atoms with Gasteiger partial charge in [-0.3, -0.25) is 4.79 Å². The molecular weight excluding hydrogens is 466 g/mol. The summed E-state index contributed by atoms with van der Waals surface area (Å²) < 4.78 is 54.6. The van der Waals surface area contributed by atoms with Crippen LogP contribution in [0.5, 0.6) is 5.75 Å². The molecule has 3 N–H and O–H groups in total. The lowest BCUT2D eigenvalue weighted by molar-refractivity contribution is -0.116. The first kappa shape index (κ1) is 25.2. The number of aryl methyl sites for hydroxylation is 2. The summed E-state index contributed by atoms with van der Waals surface area (Å²) in [5.74, 6) is -0.849. The van der Waals surface area contributed by atoms with E-state index in [0.717, 1.165) is 24.8 Å². The van der Waals surface area contributed by atoms with Gasteiger partial charge in [0.25, 0.3) is 0 Å². The highest BCUT2D eigenvalue weighted by molar-refractivity contribution is 7.89. The molecule has 0 unspecified atom stereocenters. The topological polar surface area (TPSA) is 133 Å². The lowest BCUT2D eigenvalue weighted by Crippen LogP contribution is -2.35. The SMILES string of the molecule is Cc1ccc(C)c(S(=O)(=O)NCCC(=O)Nc2cc(S(=O)(=O)N3CCCCC3)ccc2O)c1. The van der Waals surface area contributed by atoms with Crippen molar-refractivity contribution in [1.82, 2.24) is 9.03 Å². The number of phenolic OH excluding ortho intramolecular Hbond substituents is 1. The summed E-state index contributed by atoms with van der Waals surface area (Å²) in [6.07, 6.45) is 2.36. The smallest absolute Gasteiger partial charge is 0.243 e. The van der Waals surface area contributed by atoms with Crippen molar-refractivity contribution in [3.05, 3.63) is 47.5 Å². The number of sulfonamides is 2. The summed E-state index contributed by atoms with van der Waals surface area (Å²) >= 11 is 0. The van der Waals surface area contributed by atoms with Crippen molar-refractivity contribution in [2.24, 2.45) is 0 Å². The van der Waals surface area contributed by atoms with Gasteiger partial charge >= 0.3 is 0 Å². The van der Waals surface area contributed by atoms with E-state index in [1.54, 1.807) is 26.0 Å². The first-order valence-electron chi connectivity index (χ1n) is 10.7. The number of amides is 1. The summed E-state index contributed by atoms with van der Waals surface area (Å²) in [5.41, 5.74) is 1.35. The van der Waals surface area contributed by atoms with Crippen LogP contribution in [0.2, 0.25) is 0 Å². The largest absolute Gasteiger partial charge is 0.506 e. The summed E-state index contributed by atoms with van der Waals surface area (Å²) in [4.78, 5) is 12.5. The molecule has 0 saturated carbocycles. The number of phenols is 1. The minimum atomic E-state index is -3.79. The Morgan fingerprint density at radius 3 is 2.39 bits per heavy atom. The molecule has 180 valence electrons. The standard InChI is InChI=1S/C22H29N3O6S2/c1-16-6-7-17(2)21(14-16)32(28,29)23-11-10-22(27)24-19-15-18(8-9-20(19)26)33(30,31)25-12-4-3-5-13-25/h6-9,14-15,23,26H,3-5,10-13H2,1-2H3,(H,24,27). The minimum absolute atomic E-state index is 0.0203. The second-order valence-corrected chi connectivity index (χ2v) is 11.8. The van der Waals surface area contributed by atoms with E-state index in [-0.39, 0.29) is 34.2 Å². The van der Waals surface area contributed by atoms with Crippen LogP contribution in [0.15, 0.2) is 46.2 Å². The van der Waals surface area contributed by atoms with Gasteiger partial charge in [0.2, 0.25) is 26.0 Å². The highest BCUT2D eigenvalue weighted by atomic mass is 32.2. The number of hydrogen-bond acceptors (Lipinski definition) is 6. The van der Waals surface area contributed by atoms with Gasteiger partial charge < -0.3 is 10.4 Å². The summed E-state index contributed by atoms with van der Waals surface area (Å²) in [5, 5.41) is 12.6. The van der Waals surface area contributed by atoms with Crippen LogP contribution in [0.1, 0.15) is 36.8 Å². The molecule has 0 aromatic heterocycles. The summed E-state index contributed by atoms with van der Waals surface area (Å²) in [7, 11) is -7.53. The molecule has 0 radical (unpaired) electrons. The number of piperidine rings is 1. The number of carbonyl (C=O) groups excluding carboxylic acids is 1. The number of carbonyl (C=O) groups is 1. The molecule has 1 fully saturated rings. The van der Waals surface area contributed by atoms with Crippen molar-refractivity contribution in [1.29, 1.82) is 0 Å². The van der Waals surface area contributed by atoms with Crippen LogP contribution < -0.4 is 10.0 Å². The number of nitrogens with zero attached hydrogens (tertiary/aromatic N) is 1. The first-order valence-corrected chi connectivity index (χ1v) is 13.6. The third-order valence-corrected chi connectivity index (χ3v) is 8.97. The van der Waals surface area contributed by atoms with Crippen LogP contribution >= 0.6 is 0 Å². The number of nitrogens with one attached hydrogen (secondary N) is 2. The third kappa shape index (κ3) is 6.11. The molecule has 3 rings (SSSR count). The Bertz CT molecular complexity index is 1240. The van der Waals surface area contributed by atoms with Crippen molar-refractivity contribution in [2.45, 2.75) is 49.3 Å². The van der Waals surface area contributed by atoms with Crippen molar-refractivity contribution in [3.63, 3.8) is 0 Å². The monoisotopic (exact) mass is 495 g/mol. The maximum atomic E-state index is 12.9. The van der Waals surface area contributed by atoms with E-state index in [9.17, 15) is 26.7 Å². The van der Waals surface area contributed by atoms with E-state index in [4.69, 9.17) is 0 Å². The second kappa shape index (κ2) is 10.2. The predicted octanol–water partition coefficient (Wildman–Crippen LogP) is 2.49. The molecule has 11 heteroatoms. The second-order valence-electron chi connectivity index (χ2n) is 8.11. The van der Waals surface area contributed by atoms with Crippen LogP contribution in [0.3, 0.4) is 0 Å². The molecule has 1 heterocycles. The molecule has 2 aromatic carbocycles. The molecular formula is C22H29N3O6S2. The number of benzene rings is 2. The zero-order chi connectivity index (χ0) is 24.2. The van der Waals surface area contributed by atoms with Gasteiger partial charge in [0.1, 0.15) is 5.75 Å². The molecule has 1 aliphatic heterocycles. The Labute approximate surface area is 194 Å². The van der Waals surface area contributed by atoms with Gasteiger partial charge in [0.05, 0.1) is 15.5 Å². The van der Waals surface area contributed by atoms with E-state index in [1.807, 2.05) is 6.07 Å². The lowest BCUT2D eigenvalue weighted by Gasteiger charge is -2.26. The van der Waals surface area contributed by atoms with E-state index < -0.39 is 26.0 Å². The average Bonchev–Trinajstić information content (AvgIpc) is 2.77. The molecule has 33 heavy (non-hydrogen) atoms. The number of aromatic hydroxyl groups is 1. The van der Waals surface area contributed by atoms with Crippen molar-refractivity contribution >= 4 is 31.6 Å². The van der Waals surface area contributed by atoms with Crippen LogP contribution in [0.25, 0.3) is 0 Å². The maximum absolute atomic E-state index is 12.9. The van der Waals surface area contributed by atoms with Gasteiger partial charge in [-0.2, -0.15) is 4.31 Å². The van der Waals surface area contributed by atoms with Crippen LogP contribution in [-0.2, 0) is 24.8 Å². The van der Waals surface area contributed by atoms with E-state index in [2.05, 4.69) is 10.0 Å². The molecule has 0 bridgehead atoms. The molecule has 0 atom stereocenters. The maximum Gasteiger partial charge on any atom is 0.243 e. The zero-order valence-electron chi connectivity index (χ0n) is 18.7. The van der Waals surface area contributed by atoms with Crippen molar-refractivity contribution in [3.8, 4) is 5.75 Å². The Hall–Kier alpha value is -2.47. The van der Waals surface area contributed by atoms with Crippen LogP contribution in [0, 0.1) is 13.8 Å². The highest BCUT2D eigenvalue weighted by Gasteiger charge is 2.27. The quantitative estimate of drug-likeness (QED) is 0.482. The molecule has 9 nitrogen and oxygen atoms in total. The third-order valence-electron chi connectivity index (χ3n) is 5.47. The van der Waals surface area contributed by atoms with Gasteiger partial charge in [-0.05, 0) is 62.1 Å². The fraction of sp³-hybridized carbons (Fsp3) is 0.409. The molecule has 0 aliphatic carbocycles. The van der Waals surface area contributed by atoms with Crippen molar-refractivity contribution < 1.29 is 26.7 Å². The molecule has 1 amide bonds. The zero-order valence-corrected chi connectivity index (χ0v) is 20.3. The van der Waals surface area contributed by atoms with Gasteiger partial charge in [-0.1, -0.05) is 18.6 Å². The summed E-state index contributed by atoms with van der Waals surface area (Å²) in [6, 6.07) is 8.82. The Kier molecular flexibility index (Phi) is 7.78. The molecule has 1 saturated heterocycles. The van der Waals surface area contributed by atoms with Crippen LogP contribution in [0.4, 0.5) is 5.69 Å². The summed E-state index contributed by atoms with van der Waals surface area (Å²) in [6.45, 7) is 4.19. The Morgan fingerprint density at radius 2 is 1.70 bits per heavy atom. The number of hydrogen-bond donors (Lipinski definition) is 3. The van der Waals surface area contributed by atoms with Gasteiger partial charge in [0.15, 0.2) is 0 Å². The predicted molar refractivity (Wildman–Crippen MR) is 125 cm³/mol. The highest BCUT2D eigenvalue weighted by Crippen LogP contribution is 2.29. The molecule has 1 aliphatic rings. The first-order chi connectivity index (χ1) is 15.5. The Morgan fingerprint density at radius 1 is 1.00 bits per heavy atom. The van der Waals surface area contributed by atoms with Gasteiger partial charge in [-0.25, -0.2) is 21.6 Å². The molecule has 0 spiro atoms. The van der Waals surface area contributed by atoms with Crippen molar-refractivity contribution in [2.75, 3.05) is 25.0 Å². The normalized spacial score (nSPS) is 15.3. The fourth-order valence-corrected chi connectivity index (χ4v) is 6.52. The molecule has 2 aromatic rings. The van der Waals surface area contributed by atoms with Gasteiger partial charge in [0, 0.05) is 26.1 Å². The average molecular weight is 496 g/mol. The van der Waals surface area contributed by atoms with Crippen LogP contribution in [-0.4, -0.2) is 51.8 Å². The lowest BCUT2D eigenvalue weighted by atomic mass is 10.2. The number of anilines is 1. The van der Waals surface area contributed by atoms with E-state index in [1.165, 1.54) is 22.5 Å². The van der Waals surface area contributed by atoms with E-state index in [0.29, 0.717) is 18.7 Å². The Balaban J connectivity index is 1.64. The van der Waals surface area contributed by atoms with Gasteiger partial charge in [-0.15, -0.1) is 0 Å².